The van der Waals surface area contributed by atoms with Crippen LogP contribution in [0.4, 0.5) is 22.0 Å². The number of ether oxygens (including phenoxy) is 1. The molecule has 29 heavy (non-hydrogen) atoms. The normalized spacial score (nSPS) is 17.3. The van der Waals surface area contributed by atoms with Crippen LogP contribution >= 0.6 is 0 Å². The molecule has 2 aliphatic heterocycles. The van der Waals surface area contributed by atoms with E-state index in [4.69, 9.17) is 4.74 Å². The first-order valence-electron chi connectivity index (χ1n) is 10.3. The highest BCUT2D eigenvalue weighted by atomic mass is 16.5. The third-order valence-electron chi connectivity index (χ3n) is 5.51. The molecule has 1 aromatic heterocycles. The van der Waals surface area contributed by atoms with Crippen molar-refractivity contribution in [2.24, 2.45) is 0 Å². The monoisotopic (exact) mass is 396 g/mol. The summed E-state index contributed by atoms with van der Waals surface area (Å²) in [5, 5.41) is 11.5. The van der Waals surface area contributed by atoms with E-state index in [1.165, 1.54) is 5.56 Å². The van der Waals surface area contributed by atoms with Gasteiger partial charge in [-0.1, -0.05) is 19.1 Å². The van der Waals surface area contributed by atoms with Gasteiger partial charge in [-0.25, -0.2) is 4.79 Å². The number of aryl methyl sites for hydroxylation is 1. The molecule has 1 N–H and O–H groups in total. The molecule has 4 rings (SSSR count). The fraction of sp³-hybridized carbons (Fsp3) is 0.476. The number of hydrogen-bond donors (Lipinski definition) is 1. The van der Waals surface area contributed by atoms with Crippen molar-refractivity contribution in [2.75, 3.05) is 67.6 Å². The summed E-state index contributed by atoms with van der Waals surface area (Å²) in [6.07, 6.45) is 2.79. The Kier molecular flexibility index (Phi) is 6.09. The van der Waals surface area contributed by atoms with E-state index in [1.54, 1.807) is 6.20 Å². The minimum absolute atomic E-state index is 0.0456. The Bertz CT molecular complexity index is 814. The molecule has 2 aromatic rings. The lowest BCUT2D eigenvalue weighted by molar-refractivity contribution is 0.122. The van der Waals surface area contributed by atoms with Crippen LogP contribution in [0.2, 0.25) is 0 Å². The van der Waals surface area contributed by atoms with Gasteiger partial charge in [0.1, 0.15) is 0 Å². The average molecular weight is 396 g/mol. The number of anilines is 3. The number of carbonyl (C=O) groups is 1. The summed E-state index contributed by atoms with van der Waals surface area (Å²) in [7, 11) is 0. The van der Waals surface area contributed by atoms with Crippen LogP contribution in [0.1, 0.15) is 12.5 Å². The summed E-state index contributed by atoms with van der Waals surface area (Å²) in [4.78, 5) is 18.9. The summed E-state index contributed by atoms with van der Waals surface area (Å²) in [6.45, 7) is 8.14. The molecule has 0 bridgehead atoms. The fourth-order valence-electron chi connectivity index (χ4n) is 3.66. The minimum Gasteiger partial charge on any atom is -0.378 e. The number of amides is 2. The Balaban J connectivity index is 1.32. The van der Waals surface area contributed by atoms with E-state index in [0.29, 0.717) is 13.1 Å². The highest BCUT2D eigenvalue weighted by Gasteiger charge is 2.22. The summed E-state index contributed by atoms with van der Waals surface area (Å²) in [5.41, 5.74) is 3.15. The minimum atomic E-state index is -0.0456. The van der Waals surface area contributed by atoms with E-state index in [1.807, 2.05) is 17.0 Å². The first-order chi connectivity index (χ1) is 14.2. The van der Waals surface area contributed by atoms with Gasteiger partial charge in [-0.3, -0.25) is 0 Å². The molecule has 0 atom stereocenters. The maximum Gasteiger partial charge on any atom is 0.321 e. The van der Waals surface area contributed by atoms with E-state index in [0.717, 1.165) is 63.0 Å². The van der Waals surface area contributed by atoms with Crippen molar-refractivity contribution in [1.29, 1.82) is 0 Å². The van der Waals surface area contributed by atoms with E-state index in [-0.39, 0.29) is 6.03 Å². The standard InChI is InChI=1S/C21H28N6O2/c1-2-17-3-5-18(6-4-17)23-21(28)27-9-7-25(8-10-27)19-15-20(24-22-16-19)26-11-13-29-14-12-26/h3-6,15-16H,2,7-14H2,1H3,(H,23,28). The van der Waals surface area contributed by atoms with Crippen LogP contribution in [0.3, 0.4) is 0 Å². The summed E-state index contributed by atoms with van der Waals surface area (Å²) in [5.74, 6) is 0.890. The lowest BCUT2D eigenvalue weighted by Crippen LogP contribution is -2.50. The largest absolute Gasteiger partial charge is 0.378 e. The predicted octanol–water partition coefficient (Wildman–Crippen LogP) is 2.23. The van der Waals surface area contributed by atoms with Crippen molar-refractivity contribution in [3.05, 3.63) is 42.1 Å². The first-order valence-corrected chi connectivity index (χ1v) is 10.3. The average Bonchev–Trinajstić information content (AvgIpc) is 2.80. The van der Waals surface area contributed by atoms with Gasteiger partial charge in [0.15, 0.2) is 5.82 Å². The van der Waals surface area contributed by atoms with Crippen LogP contribution in [0.25, 0.3) is 0 Å². The van der Waals surface area contributed by atoms with Crippen molar-refractivity contribution in [2.45, 2.75) is 13.3 Å². The number of morpholine rings is 1. The summed E-state index contributed by atoms with van der Waals surface area (Å²) < 4.78 is 5.41. The maximum atomic E-state index is 12.6. The molecular weight excluding hydrogens is 368 g/mol. The zero-order valence-corrected chi connectivity index (χ0v) is 16.9. The SMILES string of the molecule is CCc1ccc(NC(=O)N2CCN(c3cnnc(N4CCOCC4)c3)CC2)cc1. The third kappa shape index (κ3) is 4.76. The summed E-state index contributed by atoms with van der Waals surface area (Å²) in [6, 6.07) is 10.1. The number of benzene rings is 1. The van der Waals surface area contributed by atoms with E-state index in [9.17, 15) is 4.79 Å². The van der Waals surface area contributed by atoms with Crippen LogP contribution in [-0.4, -0.2) is 73.6 Å². The van der Waals surface area contributed by atoms with Gasteiger partial charge in [0.2, 0.25) is 0 Å². The van der Waals surface area contributed by atoms with Gasteiger partial charge in [-0.2, -0.15) is 5.10 Å². The molecular formula is C21H28N6O2. The van der Waals surface area contributed by atoms with Crippen LogP contribution in [0.5, 0.6) is 0 Å². The quantitative estimate of drug-likeness (QED) is 0.854. The predicted molar refractivity (Wildman–Crippen MR) is 114 cm³/mol. The molecule has 8 heteroatoms. The van der Waals surface area contributed by atoms with Gasteiger partial charge >= 0.3 is 6.03 Å². The van der Waals surface area contributed by atoms with Crippen LogP contribution < -0.4 is 15.1 Å². The van der Waals surface area contributed by atoms with Crippen LogP contribution in [0, 0.1) is 0 Å². The number of aromatic nitrogens is 2. The molecule has 3 heterocycles. The smallest absolute Gasteiger partial charge is 0.321 e. The Morgan fingerprint density at radius 2 is 1.76 bits per heavy atom. The van der Waals surface area contributed by atoms with E-state index >= 15 is 0 Å². The molecule has 154 valence electrons. The number of hydrogen-bond acceptors (Lipinski definition) is 6. The van der Waals surface area contributed by atoms with Crippen molar-refractivity contribution in [3.63, 3.8) is 0 Å². The van der Waals surface area contributed by atoms with Crippen LogP contribution in [-0.2, 0) is 11.2 Å². The Labute approximate surface area is 171 Å². The van der Waals surface area contributed by atoms with E-state index in [2.05, 4.69) is 50.4 Å². The second-order valence-corrected chi connectivity index (χ2v) is 7.33. The molecule has 0 unspecified atom stereocenters. The molecule has 2 aliphatic rings. The van der Waals surface area contributed by atoms with Gasteiger partial charge < -0.3 is 24.8 Å². The highest BCUT2D eigenvalue weighted by Crippen LogP contribution is 2.21. The van der Waals surface area contributed by atoms with Crippen molar-refractivity contribution in [1.82, 2.24) is 15.1 Å². The number of urea groups is 1. The van der Waals surface area contributed by atoms with Crippen molar-refractivity contribution < 1.29 is 9.53 Å². The zero-order chi connectivity index (χ0) is 20.1. The molecule has 0 aliphatic carbocycles. The van der Waals surface area contributed by atoms with Gasteiger partial charge in [-0.15, -0.1) is 5.10 Å². The second-order valence-electron chi connectivity index (χ2n) is 7.33. The third-order valence-corrected chi connectivity index (χ3v) is 5.51. The number of nitrogens with one attached hydrogen (secondary N) is 1. The van der Waals surface area contributed by atoms with Gasteiger partial charge in [-0.05, 0) is 24.1 Å². The maximum absolute atomic E-state index is 12.6. The zero-order valence-electron chi connectivity index (χ0n) is 16.9. The molecule has 0 saturated carbocycles. The fourth-order valence-corrected chi connectivity index (χ4v) is 3.66. The summed E-state index contributed by atoms with van der Waals surface area (Å²) >= 11 is 0. The Morgan fingerprint density at radius 3 is 2.45 bits per heavy atom. The molecule has 1 aromatic carbocycles. The molecule has 2 fully saturated rings. The van der Waals surface area contributed by atoms with Crippen LogP contribution in [0.15, 0.2) is 36.5 Å². The number of piperazine rings is 1. The lowest BCUT2D eigenvalue weighted by Gasteiger charge is -2.36. The van der Waals surface area contributed by atoms with Gasteiger partial charge in [0.25, 0.3) is 0 Å². The molecule has 0 spiro atoms. The molecule has 2 amide bonds. The van der Waals surface area contributed by atoms with Gasteiger partial charge in [0.05, 0.1) is 25.1 Å². The number of rotatable bonds is 4. The second kappa shape index (κ2) is 9.09. The topological polar surface area (TPSA) is 73.8 Å². The lowest BCUT2D eigenvalue weighted by atomic mass is 10.1. The van der Waals surface area contributed by atoms with Gasteiger partial charge in [0, 0.05) is 51.0 Å². The molecule has 2 saturated heterocycles. The number of nitrogens with zero attached hydrogens (tertiary/aromatic N) is 5. The number of carbonyl (C=O) groups excluding carboxylic acids is 1. The molecule has 0 radical (unpaired) electrons. The first kappa shape index (κ1) is 19.4. The van der Waals surface area contributed by atoms with Crippen molar-refractivity contribution >= 4 is 23.2 Å². The Hall–Kier alpha value is -2.87. The van der Waals surface area contributed by atoms with E-state index < -0.39 is 0 Å². The van der Waals surface area contributed by atoms with Crippen molar-refractivity contribution in [3.8, 4) is 0 Å². The Morgan fingerprint density at radius 1 is 1.03 bits per heavy atom. The molecule has 8 nitrogen and oxygen atoms in total. The highest BCUT2D eigenvalue weighted by molar-refractivity contribution is 5.89.